The first-order chi connectivity index (χ1) is 5.86. The minimum Gasteiger partial charge on any atom is -0.294 e. The molecule has 0 bridgehead atoms. The smallest absolute Gasteiger partial charge is 0.160 e. The van der Waals surface area contributed by atoms with Crippen molar-refractivity contribution in [3.05, 3.63) is 23.3 Å². The van der Waals surface area contributed by atoms with E-state index in [1.165, 1.54) is 37.7 Å². The minimum atomic E-state index is 0.281. The highest BCUT2D eigenvalue weighted by molar-refractivity contribution is 5.95. The van der Waals surface area contributed by atoms with Crippen LogP contribution in [0.3, 0.4) is 0 Å². The fourth-order valence-electron chi connectivity index (χ4n) is 2.04. The average Bonchev–Trinajstić information content (AvgIpc) is 2.54. The van der Waals surface area contributed by atoms with E-state index in [1.54, 1.807) is 11.6 Å². The van der Waals surface area contributed by atoms with E-state index in [9.17, 15) is 4.79 Å². The lowest BCUT2D eigenvalue weighted by molar-refractivity contribution is -0.113. The van der Waals surface area contributed by atoms with Gasteiger partial charge >= 0.3 is 0 Å². The van der Waals surface area contributed by atoms with Gasteiger partial charge in [-0.25, -0.2) is 0 Å². The Morgan fingerprint density at radius 2 is 1.75 bits per heavy atom. The van der Waals surface area contributed by atoms with Gasteiger partial charge in [-0.15, -0.1) is 0 Å². The summed E-state index contributed by atoms with van der Waals surface area (Å²) < 4.78 is 0. The molecule has 2 rings (SSSR count). The number of rotatable bonds is 0. The molecule has 2 aliphatic rings. The van der Waals surface area contributed by atoms with Crippen molar-refractivity contribution in [2.24, 2.45) is 0 Å². The van der Waals surface area contributed by atoms with E-state index in [4.69, 9.17) is 0 Å². The van der Waals surface area contributed by atoms with Crippen LogP contribution in [0.5, 0.6) is 0 Å². The second-order valence-corrected chi connectivity index (χ2v) is 3.67. The normalized spacial score (nSPS) is 23.8. The number of hydrogen-bond acceptors (Lipinski definition) is 1. The molecule has 0 N–H and O–H groups in total. The lowest BCUT2D eigenvalue weighted by atomic mass is 9.91. The monoisotopic (exact) mass is 162 g/mol. The molecule has 0 amide bonds. The third kappa shape index (κ3) is 1.50. The Labute approximate surface area is 73.2 Å². The molecule has 0 aromatic rings. The zero-order valence-electron chi connectivity index (χ0n) is 7.31. The van der Waals surface area contributed by atoms with Gasteiger partial charge in [-0.1, -0.05) is 18.1 Å². The van der Waals surface area contributed by atoms with Crippen LogP contribution in [0.4, 0.5) is 0 Å². The third-order valence-corrected chi connectivity index (χ3v) is 2.75. The summed E-state index contributed by atoms with van der Waals surface area (Å²) in [7, 11) is 0. The molecule has 0 saturated heterocycles. The molecular formula is C11H14O. The molecule has 1 heteroatoms. The number of allylic oxidation sites excluding steroid dienone is 4. The summed E-state index contributed by atoms with van der Waals surface area (Å²) in [5.41, 5.74) is 2.86. The van der Waals surface area contributed by atoms with E-state index < -0.39 is 0 Å². The molecule has 1 nitrogen and oxygen atoms in total. The van der Waals surface area contributed by atoms with E-state index >= 15 is 0 Å². The molecule has 12 heavy (non-hydrogen) atoms. The summed E-state index contributed by atoms with van der Waals surface area (Å²) >= 11 is 0. The maximum Gasteiger partial charge on any atom is 0.160 e. The van der Waals surface area contributed by atoms with E-state index in [2.05, 4.69) is 0 Å². The lowest BCUT2D eigenvalue weighted by Crippen LogP contribution is -1.97. The fourth-order valence-corrected chi connectivity index (χ4v) is 2.04. The van der Waals surface area contributed by atoms with Gasteiger partial charge in [-0.3, -0.25) is 4.79 Å². The van der Waals surface area contributed by atoms with Crippen LogP contribution < -0.4 is 0 Å². The lowest BCUT2D eigenvalue weighted by Gasteiger charge is -2.15. The molecule has 0 heterocycles. The zero-order valence-corrected chi connectivity index (χ0v) is 7.31. The Morgan fingerprint density at radius 1 is 1.00 bits per heavy atom. The summed E-state index contributed by atoms with van der Waals surface area (Å²) in [6, 6.07) is 0. The van der Waals surface area contributed by atoms with Gasteiger partial charge in [0.1, 0.15) is 0 Å². The van der Waals surface area contributed by atoms with Crippen LogP contribution in [0.2, 0.25) is 0 Å². The van der Waals surface area contributed by atoms with Gasteiger partial charge in [0.15, 0.2) is 5.78 Å². The first-order valence-electron chi connectivity index (χ1n) is 4.78. The summed E-state index contributed by atoms with van der Waals surface area (Å²) in [4.78, 5) is 11.0. The van der Waals surface area contributed by atoms with Crippen LogP contribution in [-0.2, 0) is 4.79 Å². The van der Waals surface area contributed by atoms with Gasteiger partial charge in [0.25, 0.3) is 0 Å². The Hall–Kier alpha value is -0.850. The van der Waals surface area contributed by atoms with Crippen LogP contribution in [0.15, 0.2) is 23.3 Å². The van der Waals surface area contributed by atoms with Crippen molar-refractivity contribution in [3.8, 4) is 0 Å². The molecule has 0 aromatic carbocycles. The molecule has 64 valence electrons. The Bertz CT molecular complexity index is 250. The van der Waals surface area contributed by atoms with Crippen LogP contribution in [0, 0.1) is 0 Å². The molecule has 0 unspecified atom stereocenters. The van der Waals surface area contributed by atoms with Crippen molar-refractivity contribution >= 4 is 5.78 Å². The van der Waals surface area contributed by atoms with Crippen LogP contribution in [0.25, 0.3) is 0 Å². The molecule has 1 saturated carbocycles. The summed E-state index contributed by atoms with van der Waals surface area (Å²) in [5.74, 6) is 0.281. The molecule has 1 fully saturated rings. The van der Waals surface area contributed by atoms with Crippen molar-refractivity contribution in [1.29, 1.82) is 0 Å². The van der Waals surface area contributed by atoms with Gasteiger partial charge in [0.2, 0.25) is 0 Å². The maximum atomic E-state index is 11.0. The Morgan fingerprint density at radius 3 is 2.33 bits per heavy atom. The Balaban J connectivity index is 2.14. The summed E-state index contributed by atoms with van der Waals surface area (Å²) in [5, 5.41) is 0. The zero-order chi connectivity index (χ0) is 8.39. The van der Waals surface area contributed by atoms with Crippen molar-refractivity contribution < 1.29 is 4.79 Å². The third-order valence-electron chi connectivity index (χ3n) is 2.75. The molecular weight excluding hydrogens is 148 g/mol. The number of ketones is 1. The van der Waals surface area contributed by atoms with Crippen molar-refractivity contribution in [1.82, 2.24) is 0 Å². The highest BCUT2D eigenvalue weighted by Crippen LogP contribution is 2.29. The summed E-state index contributed by atoms with van der Waals surface area (Å²) in [6.45, 7) is 0. The molecule has 0 spiro atoms. The van der Waals surface area contributed by atoms with Crippen molar-refractivity contribution in [2.75, 3.05) is 0 Å². The molecule has 0 radical (unpaired) electrons. The van der Waals surface area contributed by atoms with Gasteiger partial charge in [0.05, 0.1) is 0 Å². The van der Waals surface area contributed by atoms with Gasteiger partial charge in [-0.2, -0.15) is 0 Å². The average molecular weight is 162 g/mol. The topological polar surface area (TPSA) is 17.1 Å². The minimum absolute atomic E-state index is 0.281. The van der Waals surface area contributed by atoms with Crippen LogP contribution >= 0.6 is 0 Å². The van der Waals surface area contributed by atoms with E-state index in [-0.39, 0.29) is 5.78 Å². The highest BCUT2D eigenvalue weighted by atomic mass is 16.1. The van der Waals surface area contributed by atoms with Gasteiger partial charge in [-0.05, 0) is 37.3 Å². The summed E-state index contributed by atoms with van der Waals surface area (Å²) in [6.07, 6.45) is 10.9. The van der Waals surface area contributed by atoms with E-state index in [0.717, 1.165) is 0 Å². The maximum absolute atomic E-state index is 11.0. The van der Waals surface area contributed by atoms with Crippen LogP contribution in [-0.4, -0.2) is 5.78 Å². The number of carbonyl (C=O) groups excluding carboxylic acids is 1. The molecule has 0 atom stereocenters. The van der Waals surface area contributed by atoms with E-state index in [0.29, 0.717) is 6.42 Å². The molecule has 0 aliphatic heterocycles. The van der Waals surface area contributed by atoms with Gasteiger partial charge < -0.3 is 0 Å². The van der Waals surface area contributed by atoms with Crippen molar-refractivity contribution in [2.45, 2.75) is 38.5 Å². The second kappa shape index (κ2) is 3.26. The van der Waals surface area contributed by atoms with Crippen molar-refractivity contribution in [3.63, 3.8) is 0 Å². The molecule has 0 aromatic heterocycles. The predicted octanol–water partition coefficient (Wildman–Crippen LogP) is 2.78. The predicted molar refractivity (Wildman–Crippen MR) is 48.9 cm³/mol. The number of carbonyl (C=O) groups is 1. The fraction of sp³-hybridized carbons (Fsp3) is 0.545. The SMILES string of the molecule is O=C1C=CC(=C2CCCCC2)C1. The van der Waals surface area contributed by atoms with E-state index in [1.807, 2.05) is 6.08 Å². The Kier molecular flexibility index (Phi) is 2.11. The molecule has 2 aliphatic carbocycles. The second-order valence-electron chi connectivity index (χ2n) is 3.67. The largest absolute Gasteiger partial charge is 0.294 e. The highest BCUT2D eigenvalue weighted by Gasteiger charge is 2.14. The van der Waals surface area contributed by atoms with Gasteiger partial charge in [0, 0.05) is 6.42 Å². The number of hydrogen-bond donors (Lipinski definition) is 0. The first-order valence-corrected chi connectivity index (χ1v) is 4.78. The first kappa shape index (κ1) is 7.78. The standard InChI is InChI=1S/C11H14O/c12-11-7-6-10(8-11)9-4-2-1-3-5-9/h6-7H,1-5,8H2. The van der Waals surface area contributed by atoms with Crippen LogP contribution in [0.1, 0.15) is 38.5 Å². The quantitative estimate of drug-likeness (QED) is 0.535.